The Morgan fingerprint density at radius 2 is 2.06 bits per heavy atom. The third kappa shape index (κ3) is 3.57. The summed E-state index contributed by atoms with van der Waals surface area (Å²) in [4.78, 5) is 8.07. The predicted molar refractivity (Wildman–Crippen MR) is 104 cm³/mol. The van der Waals surface area contributed by atoms with Crippen LogP contribution in [0.5, 0.6) is 5.75 Å². The molecule has 1 aliphatic carbocycles. The van der Waals surface area contributed by atoms with Crippen molar-refractivity contribution >= 4 is 17.6 Å². The first-order chi connectivity index (χ1) is 14.8. The molecule has 3 aliphatic rings. The Balaban J connectivity index is 1.60. The van der Waals surface area contributed by atoms with Crippen molar-refractivity contribution in [3.05, 3.63) is 17.5 Å². The number of nitrogens with zero attached hydrogens (tertiary/aromatic N) is 4. The van der Waals surface area contributed by atoms with Crippen molar-refractivity contribution in [3.63, 3.8) is 0 Å². The van der Waals surface area contributed by atoms with Crippen LogP contribution in [0.3, 0.4) is 0 Å². The number of nitrogens with one attached hydrogen (secondary N) is 2. The molecule has 1 saturated carbocycles. The largest absolute Gasteiger partial charge is 0.487 e. The number of ether oxygens (including phenoxy) is 3. The van der Waals surface area contributed by atoms with Gasteiger partial charge in [-0.15, -0.1) is 0 Å². The number of alkyl halides is 3. The van der Waals surface area contributed by atoms with Crippen molar-refractivity contribution in [2.24, 2.45) is 5.92 Å². The minimum absolute atomic E-state index is 0.00162. The van der Waals surface area contributed by atoms with Gasteiger partial charge in [-0.2, -0.15) is 23.3 Å². The molecule has 4 heterocycles. The van der Waals surface area contributed by atoms with Crippen LogP contribution in [0.2, 0.25) is 0 Å². The number of halogens is 3. The maximum absolute atomic E-state index is 13.6. The van der Waals surface area contributed by atoms with E-state index in [1.807, 2.05) is 6.92 Å². The molecule has 9 nitrogen and oxygen atoms in total. The molecule has 2 aliphatic heterocycles. The van der Waals surface area contributed by atoms with E-state index in [1.54, 1.807) is 11.8 Å². The molecule has 31 heavy (non-hydrogen) atoms. The van der Waals surface area contributed by atoms with Gasteiger partial charge in [-0.1, -0.05) is 0 Å². The van der Waals surface area contributed by atoms with E-state index in [4.69, 9.17) is 14.2 Å². The lowest BCUT2D eigenvalue weighted by molar-refractivity contribution is -0.137. The first-order valence-electron chi connectivity index (χ1n) is 10.2. The third-order valence-corrected chi connectivity index (χ3v) is 6.11. The molecule has 5 rings (SSSR count). The number of rotatable bonds is 2. The molecule has 0 amide bonds. The molecule has 0 radical (unpaired) electrons. The highest BCUT2D eigenvalue weighted by molar-refractivity contribution is 5.62. The fourth-order valence-electron chi connectivity index (χ4n) is 4.22. The Morgan fingerprint density at radius 3 is 2.77 bits per heavy atom. The van der Waals surface area contributed by atoms with Crippen molar-refractivity contribution in [1.29, 1.82) is 0 Å². The zero-order chi connectivity index (χ0) is 21.8. The maximum atomic E-state index is 13.6. The summed E-state index contributed by atoms with van der Waals surface area (Å²) in [6.07, 6.45) is -2.03. The third-order valence-electron chi connectivity index (χ3n) is 6.11. The summed E-state index contributed by atoms with van der Waals surface area (Å²) in [5, 5.41) is 10.6. The first kappa shape index (κ1) is 20.3. The Bertz CT molecular complexity index is 980. The van der Waals surface area contributed by atoms with Crippen molar-refractivity contribution in [3.8, 4) is 5.75 Å². The molecule has 0 spiro atoms. The second kappa shape index (κ2) is 7.52. The molecule has 2 bridgehead atoms. The number of anilines is 3. The average molecular weight is 440 g/mol. The average Bonchev–Trinajstić information content (AvgIpc) is 3.23. The Morgan fingerprint density at radius 1 is 1.23 bits per heavy atom. The smallest absolute Gasteiger partial charge is 0.421 e. The fourth-order valence-corrected chi connectivity index (χ4v) is 4.22. The van der Waals surface area contributed by atoms with Crippen LogP contribution >= 0.6 is 0 Å². The Kier molecular flexibility index (Phi) is 4.93. The van der Waals surface area contributed by atoms with Gasteiger partial charge in [0, 0.05) is 19.2 Å². The zero-order valence-electron chi connectivity index (χ0n) is 17.1. The van der Waals surface area contributed by atoms with Crippen LogP contribution in [0.1, 0.15) is 30.1 Å². The lowest BCUT2D eigenvalue weighted by Gasteiger charge is -2.36. The second-order valence-electron chi connectivity index (χ2n) is 8.06. The van der Waals surface area contributed by atoms with Gasteiger partial charge in [0.25, 0.3) is 0 Å². The van der Waals surface area contributed by atoms with E-state index in [2.05, 4.69) is 25.7 Å². The molecule has 168 valence electrons. The van der Waals surface area contributed by atoms with E-state index in [-0.39, 0.29) is 49.1 Å². The van der Waals surface area contributed by atoms with Crippen LogP contribution in [-0.2, 0) is 15.7 Å². The normalized spacial score (nSPS) is 27.6. The summed E-state index contributed by atoms with van der Waals surface area (Å²) >= 11 is 0. The van der Waals surface area contributed by atoms with Crippen LogP contribution in [0, 0.1) is 12.8 Å². The monoisotopic (exact) mass is 440 g/mol. The molecule has 0 aromatic carbocycles. The SMILES string of the molecule is COC1CCC1n1nc(C)c2c1Nc1ncc(C(F)(F)F)c(n1)NC1COCC1CO2. The van der Waals surface area contributed by atoms with Gasteiger partial charge in [0.2, 0.25) is 5.95 Å². The maximum Gasteiger partial charge on any atom is 0.421 e. The van der Waals surface area contributed by atoms with Gasteiger partial charge in [-0.05, 0) is 19.8 Å². The lowest BCUT2D eigenvalue weighted by Crippen LogP contribution is -2.36. The quantitative estimate of drug-likeness (QED) is 0.736. The van der Waals surface area contributed by atoms with Crippen LogP contribution < -0.4 is 15.4 Å². The summed E-state index contributed by atoms with van der Waals surface area (Å²) in [6, 6.07) is -0.381. The number of methoxy groups -OCH3 is 1. The van der Waals surface area contributed by atoms with Crippen molar-refractivity contribution < 1.29 is 27.4 Å². The van der Waals surface area contributed by atoms with Crippen molar-refractivity contribution in [2.75, 3.05) is 37.6 Å². The van der Waals surface area contributed by atoms with E-state index in [9.17, 15) is 13.2 Å². The summed E-state index contributed by atoms with van der Waals surface area (Å²) in [5.74, 6) is 0.623. The molecule has 4 unspecified atom stereocenters. The van der Waals surface area contributed by atoms with Gasteiger partial charge in [-0.3, -0.25) is 0 Å². The molecule has 2 aromatic rings. The molecule has 4 atom stereocenters. The second-order valence-corrected chi connectivity index (χ2v) is 8.06. The number of aryl methyl sites for hydroxylation is 1. The molecule has 1 saturated heterocycles. The van der Waals surface area contributed by atoms with E-state index in [1.165, 1.54) is 0 Å². The van der Waals surface area contributed by atoms with E-state index in [0.29, 0.717) is 23.9 Å². The number of hydrogen-bond acceptors (Lipinski definition) is 8. The van der Waals surface area contributed by atoms with Gasteiger partial charge >= 0.3 is 6.18 Å². The van der Waals surface area contributed by atoms with E-state index < -0.39 is 11.7 Å². The van der Waals surface area contributed by atoms with Crippen molar-refractivity contribution in [1.82, 2.24) is 19.7 Å². The van der Waals surface area contributed by atoms with Crippen LogP contribution in [-0.4, -0.2) is 58.8 Å². The van der Waals surface area contributed by atoms with Gasteiger partial charge < -0.3 is 24.8 Å². The van der Waals surface area contributed by atoms with Crippen LogP contribution in [0.15, 0.2) is 6.20 Å². The topological polar surface area (TPSA) is 95.4 Å². The summed E-state index contributed by atoms with van der Waals surface area (Å²) in [6.45, 7) is 2.74. The molecular formula is C19H23F3N6O3. The minimum atomic E-state index is -4.59. The van der Waals surface area contributed by atoms with Gasteiger partial charge in [-0.25, -0.2) is 9.67 Å². The Hall–Kier alpha value is -2.60. The van der Waals surface area contributed by atoms with Crippen LogP contribution in [0.25, 0.3) is 0 Å². The number of fused-ring (bicyclic) bond motifs is 4. The predicted octanol–water partition coefficient (Wildman–Crippen LogP) is 2.91. The summed E-state index contributed by atoms with van der Waals surface area (Å²) in [7, 11) is 1.65. The van der Waals surface area contributed by atoms with E-state index >= 15 is 0 Å². The van der Waals surface area contributed by atoms with Crippen molar-refractivity contribution in [2.45, 2.75) is 44.1 Å². The van der Waals surface area contributed by atoms with E-state index in [0.717, 1.165) is 19.0 Å². The zero-order valence-corrected chi connectivity index (χ0v) is 17.1. The molecule has 2 aromatic heterocycles. The highest BCUT2D eigenvalue weighted by Crippen LogP contribution is 2.42. The molecular weight excluding hydrogens is 417 g/mol. The van der Waals surface area contributed by atoms with Gasteiger partial charge in [0.05, 0.1) is 38.0 Å². The van der Waals surface area contributed by atoms with Crippen LogP contribution in [0.4, 0.5) is 30.8 Å². The standard InChI is InChI=1S/C19H23F3N6O3/c1-9-15-17(28(27-9)13-3-4-14(13)29-2)26-18-23-5-11(19(20,21)22)16(25-18)24-12-8-30-6-10(12)7-31-15/h5,10,12-14H,3-4,6-8H2,1-2H3,(H2,23,24,25,26). The molecule has 12 heteroatoms. The molecule has 2 fully saturated rings. The highest BCUT2D eigenvalue weighted by Gasteiger charge is 2.40. The first-order valence-corrected chi connectivity index (χ1v) is 10.2. The summed E-state index contributed by atoms with van der Waals surface area (Å²) < 4.78 is 59.6. The van der Waals surface area contributed by atoms with Gasteiger partial charge in [0.15, 0.2) is 11.6 Å². The minimum Gasteiger partial charge on any atom is -0.487 e. The number of aromatic nitrogens is 4. The lowest BCUT2D eigenvalue weighted by atomic mass is 9.89. The van der Waals surface area contributed by atoms with Gasteiger partial charge in [0.1, 0.15) is 17.1 Å². The Labute approximate surface area is 176 Å². The summed E-state index contributed by atoms with van der Waals surface area (Å²) in [5.41, 5.74) is -0.258. The fraction of sp³-hybridized carbons (Fsp3) is 0.632. The highest BCUT2D eigenvalue weighted by atomic mass is 19.4. The molecule has 2 N–H and O–H groups in total. The number of hydrogen-bond donors (Lipinski definition) is 2.